The Hall–Kier alpha value is -2.35. The molecule has 2 atom stereocenters. The molecule has 1 fully saturated rings. The van der Waals surface area contributed by atoms with Crippen molar-refractivity contribution in [3.05, 3.63) is 24.2 Å². The summed E-state index contributed by atoms with van der Waals surface area (Å²) in [4.78, 5) is 32.9. The summed E-state index contributed by atoms with van der Waals surface area (Å²) in [6.45, 7) is 5.48. The molecule has 0 aliphatic carbocycles. The zero-order chi connectivity index (χ0) is 17.1. The van der Waals surface area contributed by atoms with Crippen LogP contribution in [0.4, 0.5) is 0 Å². The molecular formula is C16H23N4O4+. The van der Waals surface area contributed by atoms with Crippen molar-refractivity contribution in [3.8, 4) is 0 Å². The van der Waals surface area contributed by atoms with Gasteiger partial charge in [0.05, 0.1) is 46.1 Å². The normalized spacial score (nSPS) is 25.2. The van der Waals surface area contributed by atoms with Crippen LogP contribution in [0.2, 0.25) is 0 Å². The van der Waals surface area contributed by atoms with Crippen LogP contribution in [0, 0.1) is 5.92 Å². The Balaban J connectivity index is 1.88. The maximum atomic E-state index is 12.6. The van der Waals surface area contributed by atoms with Crippen LogP contribution in [0.1, 0.15) is 18.7 Å². The fourth-order valence-electron chi connectivity index (χ4n) is 2.99. The van der Waals surface area contributed by atoms with E-state index in [0.29, 0.717) is 11.7 Å². The van der Waals surface area contributed by atoms with Gasteiger partial charge in [0.2, 0.25) is 11.9 Å². The molecule has 2 N–H and O–H groups in total. The second-order valence-electron chi connectivity index (χ2n) is 6.08. The molecule has 0 saturated carbocycles. The SMILES string of the molecule is CCOC(=O)[C@@H]1C(=O)NC(N2CC[NH+](C)CC2)=N[C@@H]1c1ccco1. The lowest BCUT2D eigenvalue weighted by Crippen LogP contribution is -3.12. The summed E-state index contributed by atoms with van der Waals surface area (Å²) in [5.41, 5.74) is 0. The molecule has 8 nitrogen and oxygen atoms in total. The fraction of sp³-hybridized carbons (Fsp3) is 0.562. The molecule has 130 valence electrons. The van der Waals surface area contributed by atoms with Crippen molar-refractivity contribution >= 4 is 17.8 Å². The highest BCUT2D eigenvalue weighted by Crippen LogP contribution is 2.31. The Morgan fingerprint density at radius 1 is 1.50 bits per heavy atom. The molecule has 0 spiro atoms. The summed E-state index contributed by atoms with van der Waals surface area (Å²) in [6.07, 6.45) is 1.51. The van der Waals surface area contributed by atoms with Crippen molar-refractivity contribution < 1.29 is 23.6 Å². The van der Waals surface area contributed by atoms with Gasteiger partial charge in [-0.2, -0.15) is 0 Å². The van der Waals surface area contributed by atoms with E-state index >= 15 is 0 Å². The van der Waals surface area contributed by atoms with E-state index in [-0.39, 0.29) is 6.61 Å². The van der Waals surface area contributed by atoms with Gasteiger partial charge in [-0.05, 0) is 19.1 Å². The van der Waals surface area contributed by atoms with Crippen molar-refractivity contribution in [2.75, 3.05) is 39.8 Å². The molecule has 3 heterocycles. The number of quaternary nitrogens is 1. The lowest BCUT2D eigenvalue weighted by atomic mass is 9.95. The first-order valence-electron chi connectivity index (χ1n) is 8.25. The maximum absolute atomic E-state index is 12.6. The van der Waals surface area contributed by atoms with Crippen LogP contribution in [0.25, 0.3) is 0 Å². The number of nitrogens with zero attached hydrogens (tertiary/aromatic N) is 2. The Morgan fingerprint density at radius 2 is 2.25 bits per heavy atom. The van der Waals surface area contributed by atoms with Crippen LogP contribution in [-0.4, -0.2) is 62.6 Å². The molecule has 1 aromatic heterocycles. The van der Waals surface area contributed by atoms with Crippen molar-refractivity contribution in [3.63, 3.8) is 0 Å². The van der Waals surface area contributed by atoms with Gasteiger partial charge in [-0.25, -0.2) is 4.99 Å². The summed E-state index contributed by atoms with van der Waals surface area (Å²) in [7, 11) is 2.14. The van der Waals surface area contributed by atoms with Crippen LogP contribution in [0.5, 0.6) is 0 Å². The standard InChI is InChI=1S/C16H22N4O4/c1-3-23-15(22)12-13(11-5-4-10-24-11)17-16(18-14(12)21)20-8-6-19(2)7-9-20/h4-5,10,12-13H,3,6-9H2,1-2H3,(H,17,18,21)/p+1/t12-,13+/m0/s1. The Labute approximate surface area is 140 Å². The number of amides is 1. The molecule has 0 radical (unpaired) electrons. The van der Waals surface area contributed by atoms with E-state index in [9.17, 15) is 9.59 Å². The topological polar surface area (TPSA) is 88.6 Å². The largest absolute Gasteiger partial charge is 0.467 e. The van der Waals surface area contributed by atoms with E-state index in [1.165, 1.54) is 11.2 Å². The van der Waals surface area contributed by atoms with E-state index in [0.717, 1.165) is 26.2 Å². The number of hydrogen-bond donors (Lipinski definition) is 2. The van der Waals surface area contributed by atoms with E-state index in [1.807, 2.05) is 4.90 Å². The van der Waals surface area contributed by atoms with E-state index in [4.69, 9.17) is 9.15 Å². The van der Waals surface area contributed by atoms with Gasteiger partial charge in [-0.1, -0.05) is 0 Å². The van der Waals surface area contributed by atoms with E-state index in [1.54, 1.807) is 19.1 Å². The Morgan fingerprint density at radius 3 is 2.88 bits per heavy atom. The van der Waals surface area contributed by atoms with Gasteiger partial charge < -0.3 is 19.0 Å². The minimum absolute atomic E-state index is 0.214. The molecule has 8 heteroatoms. The number of piperazine rings is 1. The average molecular weight is 335 g/mol. The maximum Gasteiger partial charge on any atom is 0.321 e. The number of carbonyl (C=O) groups excluding carboxylic acids is 2. The molecular weight excluding hydrogens is 312 g/mol. The number of aliphatic imine (C=N–C) groups is 1. The van der Waals surface area contributed by atoms with Crippen LogP contribution >= 0.6 is 0 Å². The van der Waals surface area contributed by atoms with Crippen LogP contribution in [0.3, 0.4) is 0 Å². The molecule has 3 rings (SSSR count). The molecule has 0 unspecified atom stereocenters. The first-order chi connectivity index (χ1) is 11.6. The first-order valence-corrected chi connectivity index (χ1v) is 8.25. The first kappa shape index (κ1) is 16.5. The van der Waals surface area contributed by atoms with Gasteiger partial charge >= 0.3 is 5.97 Å². The van der Waals surface area contributed by atoms with E-state index < -0.39 is 23.8 Å². The molecule has 2 aliphatic rings. The number of nitrogens with one attached hydrogen (secondary N) is 2. The number of rotatable bonds is 3. The van der Waals surface area contributed by atoms with Crippen LogP contribution in [0.15, 0.2) is 27.8 Å². The number of hydrogen-bond acceptors (Lipinski definition) is 6. The summed E-state index contributed by atoms with van der Waals surface area (Å²) < 4.78 is 10.5. The lowest BCUT2D eigenvalue weighted by molar-refractivity contribution is -0.883. The monoisotopic (exact) mass is 335 g/mol. The minimum atomic E-state index is -1.03. The summed E-state index contributed by atoms with van der Waals surface area (Å²) in [6, 6.07) is 2.75. The van der Waals surface area contributed by atoms with Gasteiger partial charge in [0, 0.05) is 0 Å². The molecule has 2 aliphatic heterocycles. The predicted molar refractivity (Wildman–Crippen MR) is 85.3 cm³/mol. The second-order valence-corrected chi connectivity index (χ2v) is 6.08. The molecule has 0 bridgehead atoms. The third-order valence-corrected chi connectivity index (χ3v) is 4.39. The van der Waals surface area contributed by atoms with E-state index in [2.05, 4.69) is 17.4 Å². The molecule has 0 aromatic carbocycles. The molecule has 1 amide bonds. The number of carbonyl (C=O) groups is 2. The molecule has 24 heavy (non-hydrogen) atoms. The van der Waals surface area contributed by atoms with Crippen molar-refractivity contribution in [1.82, 2.24) is 10.2 Å². The second kappa shape index (κ2) is 7.04. The predicted octanol–water partition coefficient (Wildman–Crippen LogP) is -1.18. The van der Waals surface area contributed by atoms with Crippen LogP contribution in [-0.2, 0) is 14.3 Å². The summed E-state index contributed by atoms with van der Waals surface area (Å²) >= 11 is 0. The van der Waals surface area contributed by atoms with Crippen molar-refractivity contribution in [2.24, 2.45) is 10.9 Å². The van der Waals surface area contributed by atoms with Gasteiger partial charge in [-0.15, -0.1) is 0 Å². The quantitative estimate of drug-likeness (QED) is 0.536. The van der Waals surface area contributed by atoms with Gasteiger partial charge in [-0.3, -0.25) is 14.9 Å². The fourth-order valence-corrected chi connectivity index (χ4v) is 2.99. The van der Waals surface area contributed by atoms with Crippen molar-refractivity contribution in [2.45, 2.75) is 13.0 Å². The van der Waals surface area contributed by atoms with Gasteiger partial charge in [0.25, 0.3) is 0 Å². The number of guanidine groups is 1. The third kappa shape index (κ3) is 3.28. The van der Waals surface area contributed by atoms with Gasteiger partial charge in [0.1, 0.15) is 11.8 Å². The zero-order valence-electron chi connectivity index (χ0n) is 13.9. The number of furan rings is 1. The highest BCUT2D eigenvalue weighted by Gasteiger charge is 2.43. The molecule has 1 aromatic rings. The van der Waals surface area contributed by atoms with Crippen LogP contribution < -0.4 is 10.2 Å². The minimum Gasteiger partial charge on any atom is -0.467 e. The molecule has 1 saturated heterocycles. The number of esters is 1. The Kier molecular flexibility index (Phi) is 4.84. The van der Waals surface area contributed by atoms with Crippen molar-refractivity contribution in [1.29, 1.82) is 0 Å². The third-order valence-electron chi connectivity index (χ3n) is 4.39. The smallest absolute Gasteiger partial charge is 0.321 e. The Bertz CT molecular complexity index is 620. The summed E-state index contributed by atoms with van der Waals surface area (Å²) in [5.74, 6) is -1.01. The highest BCUT2D eigenvalue weighted by atomic mass is 16.5. The van der Waals surface area contributed by atoms with Gasteiger partial charge in [0.15, 0.2) is 5.92 Å². The summed E-state index contributed by atoms with van der Waals surface area (Å²) in [5, 5.41) is 2.77. The number of likely N-dealkylation sites (N-methyl/N-ethyl adjacent to an activating group) is 1. The zero-order valence-corrected chi connectivity index (χ0v) is 13.9. The lowest BCUT2D eigenvalue weighted by Gasteiger charge is -2.35. The highest BCUT2D eigenvalue weighted by molar-refractivity contribution is 6.08. The number of ether oxygens (including phenoxy) is 1. The average Bonchev–Trinajstić information content (AvgIpc) is 3.09.